The van der Waals surface area contributed by atoms with Gasteiger partial charge in [-0.05, 0) is 55.0 Å². The molecule has 1 aliphatic rings. The number of aromatic nitrogens is 3. The molecule has 0 fully saturated rings. The molecule has 4 aromatic rings. The molecule has 4 heterocycles. The van der Waals surface area contributed by atoms with Crippen molar-refractivity contribution < 1.29 is 9.21 Å². The molecule has 0 amide bonds. The van der Waals surface area contributed by atoms with Crippen LogP contribution in [0.15, 0.2) is 51.1 Å². The van der Waals surface area contributed by atoms with Crippen LogP contribution in [-0.2, 0) is 26.4 Å². The first-order chi connectivity index (χ1) is 15.0. The van der Waals surface area contributed by atoms with E-state index in [0.717, 1.165) is 29.5 Å². The van der Waals surface area contributed by atoms with E-state index in [2.05, 4.69) is 6.92 Å². The highest BCUT2D eigenvalue weighted by atomic mass is 32.2. The van der Waals surface area contributed by atoms with Gasteiger partial charge in [-0.3, -0.25) is 14.2 Å². The number of fused-ring (bicyclic) bond motifs is 3. The van der Waals surface area contributed by atoms with Crippen LogP contribution in [0.2, 0.25) is 0 Å². The number of thioether (sulfide) groups is 1. The Labute approximate surface area is 187 Å². The van der Waals surface area contributed by atoms with Crippen LogP contribution in [0.1, 0.15) is 40.0 Å². The smallest absolute Gasteiger partial charge is 0.263 e. The maximum Gasteiger partial charge on any atom is 0.263 e. The molecular formula is C23H23N3O3S2. The number of rotatable bonds is 6. The number of Topliss-reactive ketones (excluding diaryl/α,β-unsaturated/α-hetero) is 1. The van der Waals surface area contributed by atoms with Crippen LogP contribution >= 0.6 is 23.1 Å². The van der Waals surface area contributed by atoms with Crippen molar-refractivity contribution in [3.05, 3.63) is 69.0 Å². The Morgan fingerprint density at radius 2 is 2.23 bits per heavy atom. The maximum atomic E-state index is 13.6. The number of hydrogen-bond donors (Lipinski definition) is 0. The van der Waals surface area contributed by atoms with E-state index in [9.17, 15) is 9.59 Å². The van der Waals surface area contributed by atoms with Crippen molar-refractivity contribution in [2.45, 2.75) is 37.9 Å². The average Bonchev–Trinajstić information content (AvgIpc) is 3.48. The van der Waals surface area contributed by atoms with Crippen molar-refractivity contribution >= 4 is 39.1 Å². The van der Waals surface area contributed by atoms with Crippen molar-refractivity contribution in [1.82, 2.24) is 14.1 Å². The van der Waals surface area contributed by atoms with Crippen LogP contribution in [0.5, 0.6) is 0 Å². The van der Waals surface area contributed by atoms with Gasteiger partial charge in [0.1, 0.15) is 10.6 Å². The van der Waals surface area contributed by atoms with Crippen molar-refractivity contribution in [3.8, 4) is 0 Å². The summed E-state index contributed by atoms with van der Waals surface area (Å²) in [6.45, 7) is 2.56. The highest BCUT2D eigenvalue weighted by Crippen LogP contribution is 2.36. The van der Waals surface area contributed by atoms with E-state index in [1.807, 2.05) is 42.1 Å². The van der Waals surface area contributed by atoms with Crippen LogP contribution < -0.4 is 5.56 Å². The number of furan rings is 1. The second-order valence-corrected chi connectivity index (χ2v) is 10.1. The zero-order valence-corrected chi connectivity index (χ0v) is 19.1. The Kier molecular flexibility index (Phi) is 5.35. The Bertz CT molecular complexity index is 1310. The second-order valence-electron chi connectivity index (χ2n) is 8.11. The number of aryl methyl sites for hydroxylation is 2. The minimum absolute atomic E-state index is 0.00990. The van der Waals surface area contributed by atoms with Crippen LogP contribution in [-0.4, -0.2) is 25.7 Å². The van der Waals surface area contributed by atoms with E-state index in [0.29, 0.717) is 29.1 Å². The fraction of sp³-hybridized carbons (Fsp3) is 0.348. The Morgan fingerprint density at radius 3 is 2.97 bits per heavy atom. The first kappa shape index (κ1) is 20.3. The van der Waals surface area contributed by atoms with Gasteiger partial charge in [-0.25, -0.2) is 4.98 Å². The Morgan fingerprint density at radius 1 is 1.35 bits per heavy atom. The predicted molar refractivity (Wildman–Crippen MR) is 123 cm³/mol. The number of carbonyl (C=O) groups is 1. The third-order valence-corrected chi connectivity index (χ3v) is 7.96. The van der Waals surface area contributed by atoms with Crippen molar-refractivity contribution in [2.24, 2.45) is 13.0 Å². The standard InChI is InChI=1S/C23H23N3O3S2/c1-14-7-8-16-19(11-14)31-21-20(16)22(28)26(12-15-5-4-10-29-15)23(24-21)30-13-18(27)17-6-3-9-25(17)2/h3-6,9-10,14H,7-8,11-13H2,1-2H3. The first-order valence-electron chi connectivity index (χ1n) is 10.4. The fourth-order valence-electron chi connectivity index (χ4n) is 4.17. The lowest BCUT2D eigenvalue weighted by Crippen LogP contribution is -2.25. The number of thiophene rings is 1. The van der Waals surface area contributed by atoms with Crippen LogP contribution in [0.4, 0.5) is 0 Å². The van der Waals surface area contributed by atoms with E-state index in [1.165, 1.54) is 22.2 Å². The predicted octanol–water partition coefficient (Wildman–Crippen LogP) is 4.54. The van der Waals surface area contributed by atoms with Gasteiger partial charge >= 0.3 is 0 Å². The zero-order valence-electron chi connectivity index (χ0n) is 17.5. The largest absolute Gasteiger partial charge is 0.467 e. The molecule has 0 N–H and O–H groups in total. The van der Waals surface area contributed by atoms with Crippen LogP contribution in [0.3, 0.4) is 0 Å². The molecule has 5 rings (SSSR count). The molecule has 1 aliphatic carbocycles. The van der Waals surface area contributed by atoms with Crippen LogP contribution in [0, 0.1) is 5.92 Å². The summed E-state index contributed by atoms with van der Waals surface area (Å²) in [6.07, 6.45) is 6.48. The monoisotopic (exact) mass is 453 g/mol. The van der Waals surface area contributed by atoms with E-state index in [4.69, 9.17) is 9.40 Å². The van der Waals surface area contributed by atoms with Gasteiger partial charge in [0.05, 0.1) is 29.6 Å². The summed E-state index contributed by atoms with van der Waals surface area (Å²) in [5.74, 6) is 1.55. The molecule has 0 saturated carbocycles. The van der Waals surface area contributed by atoms with Gasteiger partial charge in [-0.15, -0.1) is 11.3 Å². The average molecular weight is 454 g/mol. The highest BCUT2D eigenvalue weighted by Gasteiger charge is 2.25. The SMILES string of the molecule is CC1CCc2c(sc3nc(SCC(=O)c4cccn4C)n(Cc4ccco4)c(=O)c23)C1. The molecule has 6 nitrogen and oxygen atoms in total. The molecule has 0 aromatic carbocycles. The van der Waals surface area contributed by atoms with Gasteiger partial charge in [0.25, 0.3) is 5.56 Å². The van der Waals surface area contributed by atoms with E-state index in [1.54, 1.807) is 22.2 Å². The molecule has 160 valence electrons. The lowest BCUT2D eigenvalue weighted by Gasteiger charge is -2.17. The Hall–Kier alpha value is -2.58. The summed E-state index contributed by atoms with van der Waals surface area (Å²) in [6, 6.07) is 7.33. The molecule has 0 bridgehead atoms. The fourth-order valence-corrected chi connectivity index (χ4v) is 6.47. The van der Waals surface area contributed by atoms with Gasteiger partial charge in [0.15, 0.2) is 10.9 Å². The second kappa shape index (κ2) is 8.16. The highest BCUT2D eigenvalue weighted by molar-refractivity contribution is 7.99. The summed E-state index contributed by atoms with van der Waals surface area (Å²) >= 11 is 2.95. The lowest BCUT2D eigenvalue weighted by atomic mass is 9.89. The van der Waals surface area contributed by atoms with E-state index >= 15 is 0 Å². The van der Waals surface area contributed by atoms with E-state index in [-0.39, 0.29) is 17.1 Å². The van der Waals surface area contributed by atoms with Gasteiger partial charge in [0.2, 0.25) is 0 Å². The third-order valence-electron chi connectivity index (χ3n) is 5.84. The molecule has 1 atom stereocenters. The molecule has 0 spiro atoms. The first-order valence-corrected chi connectivity index (χ1v) is 12.2. The van der Waals surface area contributed by atoms with Gasteiger partial charge in [-0.2, -0.15) is 0 Å². The normalized spacial score (nSPS) is 16.0. The van der Waals surface area contributed by atoms with Crippen molar-refractivity contribution in [1.29, 1.82) is 0 Å². The maximum absolute atomic E-state index is 13.6. The summed E-state index contributed by atoms with van der Waals surface area (Å²) in [5, 5.41) is 1.31. The number of nitrogens with zero attached hydrogens (tertiary/aromatic N) is 3. The summed E-state index contributed by atoms with van der Waals surface area (Å²) in [7, 11) is 1.85. The van der Waals surface area contributed by atoms with Crippen LogP contribution in [0.25, 0.3) is 10.2 Å². The molecule has 4 aromatic heterocycles. The molecule has 8 heteroatoms. The molecule has 31 heavy (non-hydrogen) atoms. The van der Waals surface area contributed by atoms with Crippen molar-refractivity contribution in [3.63, 3.8) is 0 Å². The summed E-state index contributed by atoms with van der Waals surface area (Å²) < 4.78 is 8.97. The molecule has 0 saturated heterocycles. The molecule has 0 radical (unpaired) electrons. The van der Waals surface area contributed by atoms with Gasteiger partial charge in [-0.1, -0.05) is 18.7 Å². The molecular weight excluding hydrogens is 430 g/mol. The number of carbonyl (C=O) groups excluding carboxylic acids is 1. The molecule has 0 aliphatic heterocycles. The van der Waals surface area contributed by atoms with E-state index < -0.39 is 0 Å². The minimum atomic E-state index is -0.0396. The molecule has 1 unspecified atom stereocenters. The topological polar surface area (TPSA) is 70.0 Å². The quantitative estimate of drug-likeness (QED) is 0.244. The zero-order chi connectivity index (χ0) is 21.5. The number of ketones is 1. The number of hydrogen-bond acceptors (Lipinski definition) is 6. The van der Waals surface area contributed by atoms with Gasteiger partial charge < -0.3 is 8.98 Å². The minimum Gasteiger partial charge on any atom is -0.467 e. The lowest BCUT2D eigenvalue weighted by molar-refractivity contribution is 0.101. The van der Waals surface area contributed by atoms with Gasteiger partial charge in [0, 0.05) is 18.1 Å². The summed E-state index contributed by atoms with van der Waals surface area (Å²) in [5.41, 5.74) is 1.77. The third kappa shape index (κ3) is 3.78. The van der Waals surface area contributed by atoms with Crippen molar-refractivity contribution in [2.75, 3.05) is 5.75 Å². The Balaban J connectivity index is 1.56. The summed E-state index contributed by atoms with van der Waals surface area (Å²) in [4.78, 5) is 33.2.